The zero-order valence-electron chi connectivity index (χ0n) is 13.9. The van der Waals surface area contributed by atoms with Gasteiger partial charge in [0.15, 0.2) is 0 Å². The van der Waals surface area contributed by atoms with Crippen LogP contribution in [0.1, 0.15) is 33.1 Å². The summed E-state index contributed by atoms with van der Waals surface area (Å²) in [5.41, 5.74) is 0.734. The first-order valence-corrected chi connectivity index (χ1v) is 8.26. The molecule has 2 rings (SSSR count). The summed E-state index contributed by atoms with van der Waals surface area (Å²) >= 11 is 0. The van der Waals surface area contributed by atoms with Gasteiger partial charge < -0.3 is 15.0 Å². The zero-order valence-corrected chi connectivity index (χ0v) is 13.9. The summed E-state index contributed by atoms with van der Waals surface area (Å²) in [4.78, 5) is 14.7. The minimum atomic E-state index is 0.0282. The van der Waals surface area contributed by atoms with Crippen LogP contribution in [-0.4, -0.2) is 36.5 Å². The normalized spacial score (nSPS) is 16.1. The number of ether oxygens (including phenoxy) is 1. The van der Waals surface area contributed by atoms with E-state index in [1.807, 2.05) is 38.1 Å². The number of likely N-dealkylation sites (tertiary alicyclic amines) is 1. The van der Waals surface area contributed by atoms with Gasteiger partial charge >= 0.3 is 0 Å². The molecule has 0 aliphatic carbocycles. The lowest BCUT2D eigenvalue weighted by Gasteiger charge is -2.30. The third-order valence-electron chi connectivity index (χ3n) is 4.01. The smallest absolute Gasteiger partial charge is 0.227 e. The number of rotatable bonds is 6. The van der Waals surface area contributed by atoms with Crippen molar-refractivity contribution in [3.63, 3.8) is 0 Å². The van der Waals surface area contributed by atoms with Crippen LogP contribution in [0.15, 0.2) is 24.3 Å². The SMILES string of the molecule is CC(C)Oc1ccccc1NC(=O)C1CCN(CCC#N)CC1. The highest BCUT2D eigenvalue weighted by molar-refractivity contribution is 5.94. The lowest BCUT2D eigenvalue weighted by atomic mass is 9.95. The Morgan fingerprint density at radius 3 is 2.74 bits per heavy atom. The van der Waals surface area contributed by atoms with E-state index in [9.17, 15) is 4.79 Å². The minimum Gasteiger partial charge on any atom is -0.489 e. The van der Waals surface area contributed by atoms with Crippen molar-refractivity contribution in [2.45, 2.75) is 39.2 Å². The maximum absolute atomic E-state index is 12.5. The fourth-order valence-electron chi connectivity index (χ4n) is 2.79. The van der Waals surface area contributed by atoms with Crippen molar-refractivity contribution in [3.8, 4) is 11.8 Å². The standard InChI is InChI=1S/C18H25N3O2/c1-14(2)23-17-7-4-3-6-16(17)20-18(22)15-8-12-21(13-9-15)11-5-10-19/h3-4,6-7,14-15H,5,8-9,11-13H2,1-2H3,(H,20,22). The van der Waals surface area contributed by atoms with Gasteiger partial charge in [-0.15, -0.1) is 0 Å². The van der Waals surface area contributed by atoms with Crippen LogP contribution in [0, 0.1) is 17.2 Å². The van der Waals surface area contributed by atoms with Crippen LogP contribution in [0.25, 0.3) is 0 Å². The number of hydrogen-bond donors (Lipinski definition) is 1. The molecule has 1 fully saturated rings. The molecule has 1 aromatic carbocycles. The Labute approximate surface area is 138 Å². The maximum Gasteiger partial charge on any atom is 0.227 e. The van der Waals surface area contributed by atoms with Crippen molar-refractivity contribution in [3.05, 3.63) is 24.3 Å². The molecule has 1 N–H and O–H groups in total. The highest BCUT2D eigenvalue weighted by Gasteiger charge is 2.25. The van der Waals surface area contributed by atoms with Gasteiger partial charge in [0.1, 0.15) is 5.75 Å². The number of hydrogen-bond acceptors (Lipinski definition) is 4. The van der Waals surface area contributed by atoms with Gasteiger partial charge in [-0.2, -0.15) is 5.26 Å². The molecule has 0 spiro atoms. The van der Waals surface area contributed by atoms with Crippen LogP contribution < -0.4 is 10.1 Å². The molecule has 1 aliphatic heterocycles. The first-order valence-electron chi connectivity index (χ1n) is 8.26. The molecule has 1 aromatic rings. The molecular formula is C18H25N3O2. The lowest BCUT2D eigenvalue weighted by Crippen LogP contribution is -2.38. The van der Waals surface area contributed by atoms with Gasteiger partial charge in [-0.1, -0.05) is 12.1 Å². The molecular weight excluding hydrogens is 290 g/mol. The summed E-state index contributed by atoms with van der Waals surface area (Å²) in [6.45, 7) is 6.49. The van der Waals surface area contributed by atoms with E-state index in [1.165, 1.54) is 0 Å². The highest BCUT2D eigenvalue weighted by atomic mass is 16.5. The second-order valence-electron chi connectivity index (χ2n) is 6.18. The molecule has 5 nitrogen and oxygen atoms in total. The highest BCUT2D eigenvalue weighted by Crippen LogP contribution is 2.27. The summed E-state index contributed by atoms with van der Waals surface area (Å²) in [7, 11) is 0. The van der Waals surface area contributed by atoms with E-state index in [-0.39, 0.29) is 17.9 Å². The predicted octanol–water partition coefficient (Wildman–Crippen LogP) is 3.04. The fraction of sp³-hybridized carbons (Fsp3) is 0.556. The van der Waals surface area contributed by atoms with E-state index in [1.54, 1.807) is 0 Å². The number of nitriles is 1. The second-order valence-corrected chi connectivity index (χ2v) is 6.18. The van der Waals surface area contributed by atoms with Crippen molar-refractivity contribution < 1.29 is 9.53 Å². The average Bonchev–Trinajstić information content (AvgIpc) is 2.54. The van der Waals surface area contributed by atoms with E-state index in [0.717, 1.165) is 38.2 Å². The van der Waals surface area contributed by atoms with Crippen molar-refractivity contribution in [1.29, 1.82) is 5.26 Å². The summed E-state index contributed by atoms with van der Waals surface area (Å²) in [5.74, 6) is 0.799. The molecule has 0 aromatic heterocycles. The number of para-hydroxylation sites is 2. The number of piperidine rings is 1. The van der Waals surface area contributed by atoms with Crippen molar-refractivity contribution in [2.75, 3.05) is 25.0 Å². The van der Waals surface area contributed by atoms with E-state index in [4.69, 9.17) is 10.00 Å². The van der Waals surface area contributed by atoms with Gasteiger partial charge in [-0.3, -0.25) is 4.79 Å². The minimum absolute atomic E-state index is 0.0282. The van der Waals surface area contributed by atoms with Crippen LogP contribution in [0.5, 0.6) is 5.75 Å². The van der Waals surface area contributed by atoms with E-state index in [0.29, 0.717) is 12.2 Å². The van der Waals surface area contributed by atoms with Gasteiger partial charge in [-0.25, -0.2) is 0 Å². The third-order valence-corrected chi connectivity index (χ3v) is 4.01. The Morgan fingerprint density at radius 1 is 1.39 bits per heavy atom. The summed E-state index contributed by atoms with van der Waals surface area (Å²) in [6, 6.07) is 9.72. The molecule has 1 aliphatic rings. The number of anilines is 1. The molecule has 0 atom stereocenters. The number of nitrogens with one attached hydrogen (secondary N) is 1. The van der Waals surface area contributed by atoms with Gasteiger partial charge in [0.25, 0.3) is 0 Å². The average molecular weight is 315 g/mol. The summed E-state index contributed by atoms with van der Waals surface area (Å²) in [6.07, 6.45) is 2.29. The molecule has 0 radical (unpaired) electrons. The molecule has 0 bridgehead atoms. The Bertz CT molecular complexity index is 558. The van der Waals surface area contributed by atoms with Crippen LogP contribution in [0.2, 0.25) is 0 Å². The van der Waals surface area contributed by atoms with E-state index in [2.05, 4.69) is 16.3 Å². The van der Waals surface area contributed by atoms with Crippen LogP contribution in [0.4, 0.5) is 5.69 Å². The summed E-state index contributed by atoms with van der Waals surface area (Å²) < 4.78 is 5.74. The predicted molar refractivity (Wildman–Crippen MR) is 90.2 cm³/mol. The fourth-order valence-corrected chi connectivity index (χ4v) is 2.79. The Morgan fingerprint density at radius 2 is 2.09 bits per heavy atom. The molecule has 1 amide bonds. The lowest BCUT2D eigenvalue weighted by molar-refractivity contribution is -0.121. The Balaban J connectivity index is 1.90. The monoisotopic (exact) mass is 315 g/mol. The number of benzene rings is 1. The molecule has 1 heterocycles. The number of carbonyl (C=O) groups excluding carboxylic acids is 1. The molecule has 124 valence electrons. The molecule has 0 saturated carbocycles. The third kappa shape index (κ3) is 5.26. The number of nitrogens with zero attached hydrogens (tertiary/aromatic N) is 2. The summed E-state index contributed by atoms with van der Waals surface area (Å²) in [5, 5.41) is 11.6. The van der Waals surface area contributed by atoms with Crippen LogP contribution in [0.3, 0.4) is 0 Å². The number of carbonyl (C=O) groups is 1. The Kier molecular flexibility index (Phi) is 6.42. The quantitative estimate of drug-likeness (QED) is 0.876. The number of amides is 1. The van der Waals surface area contributed by atoms with Crippen molar-refractivity contribution in [2.24, 2.45) is 5.92 Å². The second kappa shape index (κ2) is 8.54. The van der Waals surface area contributed by atoms with E-state index >= 15 is 0 Å². The molecule has 23 heavy (non-hydrogen) atoms. The maximum atomic E-state index is 12.5. The first kappa shape index (κ1) is 17.3. The zero-order chi connectivity index (χ0) is 16.7. The van der Waals surface area contributed by atoms with Crippen molar-refractivity contribution >= 4 is 11.6 Å². The van der Waals surface area contributed by atoms with Gasteiger partial charge in [0, 0.05) is 18.9 Å². The van der Waals surface area contributed by atoms with Gasteiger partial charge in [0.05, 0.1) is 17.9 Å². The van der Waals surface area contributed by atoms with E-state index < -0.39 is 0 Å². The van der Waals surface area contributed by atoms with Gasteiger partial charge in [-0.05, 0) is 51.9 Å². The van der Waals surface area contributed by atoms with Crippen molar-refractivity contribution in [1.82, 2.24) is 4.90 Å². The molecule has 5 heteroatoms. The first-order chi connectivity index (χ1) is 11.1. The largest absolute Gasteiger partial charge is 0.489 e. The molecule has 1 saturated heterocycles. The Hall–Kier alpha value is -2.06. The molecule has 0 unspecified atom stereocenters. The van der Waals surface area contributed by atoms with Gasteiger partial charge in [0.2, 0.25) is 5.91 Å². The van der Waals surface area contributed by atoms with Crippen LogP contribution >= 0.6 is 0 Å². The van der Waals surface area contributed by atoms with Crippen LogP contribution in [-0.2, 0) is 4.79 Å². The topological polar surface area (TPSA) is 65.4 Å².